The van der Waals surface area contributed by atoms with E-state index in [0.717, 1.165) is 26.1 Å². The molecule has 1 aliphatic rings. The van der Waals surface area contributed by atoms with Crippen LogP contribution in [0.1, 0.15) is 37.7 Å². The molecule has 1 aromatic heterocycles. The molecular weight excluding hydrogens is 266 g/mol. The van der Waals surface area contributed by atoms with Gasteiger partial charge in [0.2, 0.25) is 0 Å². The molecule has 1 fully saturated rings. The standard InChI is InChI=1S/C16H25N3O2/c1-5-13-11-18(8-9-19(13)12(2)3)16(20)15-10-14(21-4)6-7-17-15/h6-7,10,12-13H,5,8-9,11H2,1-4H3. The number of ether oxygens (including phenoxy) is 1. The van der Waals surface area contributed by atoms with E-state index in [2.05, 4.69) is 30.7 Å². The van der Waals surface area contributed by atoms with Crippen molar-refractivity contribution in [2.24, 2.45) is 0 Å². The molecule has 116 valence electrons. The molecule has 2 heterocycles. The van der Waals surface area contributed by atoms with Gasteiger partial charge in [-0.15, -0.1) is 0 Å². The van der Waals surface area contributed by atoms with E-state index >= 15 is 0 Å². The van der Waals surface area contributed by atoms with Crippen molar-refractivity contribution in [1.82, 2.24) is 14.8 Å². The number of carbonyl (C=O) groups excluding carboxylic acids is 1. The summed E-state index contributed by atoms with van der Waals surface area (Å²) in [5, 5.41) is 0. The molecule has 1 atom stereocenters. The number of pyridine rings is 1. The normalized spacial score (nSPS) is 19.9. The lowest BCUT2D eigenvalue weighted by Gasteiger charge is -2.43. The predicted octanol–water partition coefficient (Wildman–Crippen LogP) is 2.04. The monoisotopic (exact) mass is 291 g/mol. The van der Waals surface area contributed by atoms with Crippen molar-refractivity contribution in [3.05, 3.63) is 24.0 Å². The van der Waals surface area contributed by atoms with Crippen molar-refractivity contribution in [3.8, 4) is 5.75 Å². The lowest BCUT2D eigenvalue weighted by atomic mass is 10.1. The van der Waals surface area contributed by atoms with E-state index in [0.29, 0.717) is 23.5 Å². The molecule has 0 saturated carbocycles. The third-order valence-corrected chi connectivity index (χ3v) is 4.14. The first-order chi connectivity index (χ1) is 10.1. The molecule has 1 amide bonds. The molecule has 21 heavy (non-hydrogen) atoms. The number of piperazine rings is 1. The maximum absolute atomic E-state index is 12.6. The Morgan fingerprint density at radius 3 is 2.86 bits per heavy atom. The minimum absolute atomic E-state index is 0.00393. The zero-order valence-corrected chi connectivity index (χ0v) is 13.4. The number of carbonyl (C=O) groups is 1. The SMILES string of the molecule is CCC1CN(C(=O)c2cc(OC)ccn2)CCN1C(C)C. The van der Waals surface area contributed by atoms with E-state index in [-0.39, 0.29) is 5.91 Å². The molecular formula is C16H25N3O2. The molecule has 0 bridgehead atoms. The molecule has 5 nitrogen and oxygen atoms in total. The number of aromatic nitrogens is 1. The Labute approximate surface area is 126 Å². The van der Waals surface area contributed by atoms with Crippen molar-refractivity contribution in [1.29, 1.82) is 0 Å². The summed E-state index contributed by atoms with van der Waals surface area (Å²) in [4.78, 5) is 21.2. The van der Waals surface area contributed by atoms with Gasteiger partial charge >= 0.3 is 0 Å². The average Bonchev–Trinajstić information content (AvgIpc) is 2.53. The summed E-state index contributed by atoms with van der Waals surface area (Å²) in [6.45, 7) is 9.05. The third kappa shape index (κ3) is 3.53. The molecule has 0 aliphatic carbocycles. The smallest absolute Gasteiger partial charge is 0.272 e. The lowest BCUT2D eigenvalue weighted by molar-refractivity contribution is 0.0367. The fraction of sp³-hybridized carbons (Fsp3) is 0.625. The first-order valence-corrected chi connectivity index (χ1v) is 7.61. The van der Waals surface area contributed by atoms with Crippen LogP contribution in [0.3, 0.4) is 0 Å². The van der Waals surface area contributed by atoms with Crippen LogP contribution in [0.2, 0.25) is 0 Å². The molecule has 0 aromatic carbocycles. The number of hydrogen-bond acceptors (Lipinski definition) is 4. The van der Waals surface area contributed by atoms with Crippen molar-refractivity contribution >= 4 is 5.91 Å². The topological polar surface area (TPSA) is 45.7 Å². The van der Waals surface area contributed by atoms with Gasteiger partial charge in [0.25, 0.3) is 5.91 Å². The van der Waals surface area contributed by atoms with Crippen LogP contribution in [0, 0.1) is 0 Å². The van der Waals surface area contributed by atoms with Gasteiger partial charge in [0.15, 0.2) is 0 Å². The lowest BCUT2D eigenvalue weighted by Crippen LogP contribution is -2.56. The highest BCUT2D eigenvalue weighted by atomic mass is 16.5. The van der Waals surface area contributed by atoms with Crippen LogP contribution < -0.4 is 4.74 Å². The highest BCUT2D eigenvalue weighted by molar-refractivity contribution is 5.92. The quantitative estimate of drug-likeness (QED) is 0.851. The first-order valence-electron chi connectivity index (χ1n) is 7.61. The van der Waals surface area contributed by atoms with Crippen LogP contribution in [0.4, 0.5) is 0 Å². The maximum atomic E-state index is 12.6. The third-order valence-electron chi connectivity index (χ3n) is 4.14. The highest BCUT2D eigenvalue weighted by Gasteiger charge is 2.30. The van der Waals surface area contributed by atoms with Crippen LogP contribution >= 0.6 is 0 Å². The first kappa shape index (κ1) is 15.8. The van der Waals surface area contributed by atoms with Crippen LogP contribution in [-0.2, 0) is 0 Å². The van der Waals surface area contributed by atoms with Gasteiger partial charge in [-0.1, -0.05) is 6.92 Å². The molecule has 0 radical (unpaired) electrons. The average molecular weight is 291 g/mol. The minimum Gasteiger partial charge on any atom is -0.497 e. The molecule has 0 N–H and O–H groups in total. The Balaban J connectivity index is 2.10. The van der Waals surface area contributed by atoms with Crippen LogP contribution in [-0.4, -0.2) is 59.5 Å². The van der Waals surface area contributed by atoms with Gasteiger partial charge in [-0.2, -0.15) is 0 Å². The second kappa shape index (κ2) is 6.89. The maximum Gasteiger partial charge on any atom is 0.272 e. The molecule has 2 rings (SSSR count). The van der Waals surface area contributed by atoms with Crippen LogP contribution in [0.5, 0.6) is 5.75 Å². The summed E-state index contributed by atoms with van der Waals surface area (Å²) < 4.78 is 5.16. The number of rotatable bonds is 4. The Morgan fingerprint density at radius 1 is 1.48 bits per heavy atom. The van der Waals surface area contributed by atoms with E-state index in [4.69, 9.17) is 4.74 Å². The van der Waals surface area contributed by atoms with E-state index < -0.39 is 0 Å². The Morgan fingerprint density at radius 2 is 2.24 bits per heavy atom. The van der Waals surface area contributed by atoms with Crippen LogP contribution in [0.15, 0.2) is 18.3 Å². The van der Waals surface area contributed by atoms with Crippen LogP contribution in [0.25, 0.3) is 0 Å². The van der Waals surface area contributed by atoms with Gasteiger partial charge in [-0.25, -0.2) is 0 Å². The van der Waals surface area contributed by atoms with E-state index in [9.17, 15) is 4.79 Å². The van der Waals surface area contributed by atoms with E-state index in [1.807, 2.05) is 4.90 Å². The number of methoxy groups -OCH3 is 1. The fourth-order valence-corrected chi connectivity index (χ4v) is 2.91. The molecule has 1 saturated heterocycles. The zero-order chi connectivity index (χ0) is 15.4. The van der Waals surface area contributed by atoms with E-state index in [1.54, 1.807) is 25.4 Å². The molecule has 0 spiro atoms. The van der Waals surface area contributed by atoms with Gasteiger partial charge in [-0.05, 0) is 26.3 Å². The Kier molecular flexibility index (Phi) is 5.17. The summed E-state index contributed by atoms with van der Waals surface area (Å²) in [5.41, 5.74) is 0.460. The summed E-state index contributed by atoms with van der Waals surface area (Å²) in [5.74, 6) is 0.664. The number of amides is 1. The summed E-state index contributed by atoms with van der Waals surface area (Å²) in [6, 6.07) is 4.40. The second-order valence-electron chi connectivity index (χ2n) is 5.73. The fourth-order valence-electron chi connectivity index (χ4n) is 2.91. The van der Waals surface area contributed by atoms with Crippen molar-refractivity contribution in [3.63, 3.8) is 0 Å². The largest absolute Gasteiger partial charge is 0.497 e. The summed E-state index contributed by atoms with van der Waals surface area (Å²) >= 11 is 0. The van der Waals surface area contributed by atoms with Gasteiger partial charge in [0.1, 0.15) is 11.4 Å². The molecule has 1 unspecified atom stereocenters. The molecule has 1 aliphatic heterocycles. The zero-order valence-electron chi connectivity index (χ0n) is 13.4. The minimum atomic E-state index is -0.00393. The Bertz CT molecular complexity index is 490. The molecule has 1 aromatic rings. The Hall–Kier alpha value is -1.62. The summed E-state index contributed by atoms with van der Waals surface area (Å²) in [7, 11) is 1.60. The van der Waals surface area contributed by atoms with Crippen molar-refractivity contribution in [2.45, 2.75) is 39.3 Å². The highest BCUT2D eigenvalue weighted by Crippen LogP contribution is 2.18. The van der Waals surface area contributed by atoms with Gasteiger partial charge in [0, 0.05) is 44.0 Å². The molecule has 5 heteroatoms. The van der Waals surface area contributed by atoms with E-state index in [1.165, 1.54) is 0 Å². The van der Waals surface area contributed by atoms with Gasteiger partial charge in [0.05, 0.1) is 7.11 Å². The van der Waals surface area contributed by atoms with Gasteiger partial charge in [-0.3, -0.25) is 14.7 Å². The predicted molar refractivity (Wildman–Crippen MR) is 82.6 cm³/mol. The van der Waals surface area contributed by atoms with Gasteiger partial charge < -0.3 is 9.64 Å². The van der Waals surface area contributed by atoms with Crippen molar-refractivity contribution < 1.29 is 9.53 Å². The number of nitrogens with zero attached hydrogens (tertiary/aromatic N) is 3. The number of hydrogen-bond donors (Lipinski definition) is 0. The summed E-state index contributed by atoms with van der Waals surface area (Å²) in [6.07, 6.45) is 2.67. The van der Waals surface area contributed by atoms with Crippen molar-refractivity contribution in [2.75, 3.05) is 26.7 Å². The second-order valence-corrected chi connectivity index (χ2v) is 5.73.